The number of furan rings is 1. The highest BCUT2D eigenvalue weighted by atomic mass is 16.5. The highest BCUT2D eigenvalue weighted by molar-refractivity contribution is 5.96. The van der Waals surface area contributed by atoms with Gasteiger partial charge in [0.25, 0.3) is 5.91 Å². The van der Waals surface area contributed by atoms with Gasteiger partial charge in [-0.1, -0.05) is 12.1 Å². The van der Waals surface area contributed by atoms with Gasteiger partial charge < -0.3 is 19.2 Å². The van der Waals surface area contributed by atoms with Crippen LogP contribution < -0.4 is 15.4 Å². The van der Waals surface area contributed by atoms with Crippen LogP contribution in [-0.4, -0.2) is 31.1 Å². The average Bonchev–Trinajstić information content (AvgIpc) is 3.18. The van der Waals surface area contributed by atoms with Crippen LogP contribution in [0.3, 0.4) is 0 Å². The average molecular weight is 372 g/mol. The lowest BCUT2D eigenvalue weighted by molar-refractivity contribution is -0.143. The van der Waals surface area contributed by atoms with E-state index in [0.29, 0.717) is 12.4 Å². The third-order valence-corrected chi connectivity index (χ3v) is 3.20. The third-order valence-electron chi connectivity index (χ3n) is 3.20. The van der Waals surface area contributed by atoms with Crippen molar-refractivity contribution >= 4 is 24.0 Å². The van der Waals surface area contributed by atoms with Crippen molar-refractivity contribution in [2.45, 2.75) is 13.5 Å². The monoisotopic (exact) mass is 372 g/mol. The molecule has 0 saturated heterocycles. The first-order valence-corrected chi connectivity index (χ1v) is 8.24. The summed E-state index contributed by atoms with van der Waals surface area (Å²) in [7, 11) is 0. The molecule has 2 rings (SSSR count). The summed E-state index contributed by atoms with van der Waals surface area (Å²) in [5, 5.41) is 4.48. The van der Waals surface area contributed by atoms with Crippen molar-refractivity contribution in [1.29, 1.82) is 0 Å². The Labute approximate surface area is 156 Å². The largest absolute Gasteiger partial charge is 0.494 e. The number of imide groups is 1. The zero-order chi connectivity index (χ0) is 19.5. The molecule has 0 saturated carbocycles. The highest BCUT2D eigenvalue weighted by Gasteiger charge is 2.10. The summed E-state index contributed by atoms with van der Waals surface area (Å²) in [6.07, 6.45) is 4.21. The van der Waals surface area contributed by atoms with E-state index in [0.717, 1.165) is 11.3 Å². The Bertz CT molecular complexity index is 781. The quantitative estimate of drug-likeness (QED) is 0.544. The minimum Gasteiger partial charge on any atom is -0.494 e. The van der Waals surface area contributed by atoms with Gasteiger partial charge in [-0.25, -0.2) is 9.59 Å². The normalized spacial score (nSPS) is 10.4. The number of urea groups is 1. The molecule has 2 aromatic rings. The van der Waals surface area contributed by atoms with Crippen LogP contribution in [0.25, 0.3) is 6.08 Å². The Kier molecular flexibility index (Phi) is 7.65. The first-order valence-electron chi connectivity index (χ1n) is 8.24. The van der Waals surface area contributed by atoms with Crippen molar-refractivity contribution in [1.82, 2.24) is 10.6 Å². The summed E-state index contributed by atoms with van der Waals surface area (Å²) in [6, 6.07) is 9.78. The van der Waals surface area contributed by atoms with E-state index >= 15 is 0 Å². The van der Waals surface area contributed by atoms with Crippen LogP contribution in [0.2, 0.25) is 0 Å². The van der Waals surface area contributed by atoms with Gasteiger partial charge in [0.2, 0.25) is 0 Å². The van der Waals surface area contributed by atoms with Gasteiger partial charge in [0.1, 0.15) is 11.5 Å². The van der Waals surface area contributed by atoms with Crippen LogP contribution in [0, 0.1) is 0 Å². The van der Waals surface area contributed by atoms with Crippen molar-refractivity contribution in [3.8, 4) is 5.75 Å². The molecule has 1 heterocycles. The first-order chi connectivity index (χ1) is 13.1. The van der Waals surface area contributed by atoms with Crippen molar-refractivity contribution in [2.75, 3.05) is 13.2 Å². The van der Waals surface area contributed by atoms with E-state index in [-0.39, 0.29) is 6.54 Å². The molecular weight excluding hydrogens is 352 g/mol. The van der Waals surface area contributed by atoms with Crippen LogP contribution in [0.4, 0.5) is 4.79 Å². The number of hydrogen-bond donors (Lipinski definition) is 2. The molecule has 0 aliphatic rings. The molecule has 0 atom stereocenters. The van der Waals surface area contributed by atoms with Crippen molar-refractivity contribution in [2.24, 2.45) is 0 Å². The van der Waals surface area contributed by atoms with Crippen LogP contribution >= 0.6 is 0 Å². The van der Waals surface area contributed by atoms with Crippen LogP contribution in [-0.2, 0) is 20.9 Å². The maximum atomic E-state index is 11.6. The van der Waals surface area contributed by atoms with Gasteiger partial charge >= 0.3 is 12.0 Å². The minimum atomic E-state index is -0.741. The molecule has 2 N–H and O–H groups in total. The van der Waals surface area contributed by atoms with Gasteiger partial charge in [-0.2, -0.15) is 0 Å². The fraction of sp³-hybridized carbons (Fsp3) is 0.211. The Morgan fingerprint density at radius 3 is 2.59 bits per heavy atom. The standard InChI is InChI=1S/C19H20N2O6/c1-2-25-15-8-5-14(6-9-15)7-10-18(23)27-13-17(22)21-19(24)20-12-16-4-3-11-26-16/h3-11H,2,12-13H2,1H3,(H2,20,21,22,24)/b10-7+. The summed E-state index contributed by atoms with van der Waals surface area (Å²) in [5.41, 5.74) is 0.775. The molecule has 0 unspecified atom stereocenters. The summed E-state index contributed by atoms with van der Waals surface area (Å²) in [5.74, 6) is -0.160. The maximum absolute atomic E-state index is 11.6. The van der Waals surface area contributed by atoms with E-state index in [1.807, 2.05) is 12.2 Å². The fourth-order valence-corrected chi connectivity index (χ4v) is 1.98. The zero-order valence-electron chi connectivity index (χ0n) is 14.8. The smallest absolute Gasteiger partial charge is 0.331 e. The third kappa shape index (κ3) is 7.47. The maximum Gasteiger partial charge on any atom is 0.331 e. The number of benzene rings is 1. The van der Waals surface area contributed by atoms with Crippen LogP contribution in [0.5, 0.6) is 5.75 Å². The van der Waals surface area contributed by atoms with Crippen molar-refractivity contribution in [3.05, 3.63) is 60.1 Å². The molecule has 1 aromatic carbocycles. The first kappa shape index (κ1) is 19.8. The fourth-order valence-electron chi connectivity index (χ4n) is 1.98. The highest BCUT2D eigenvalue weighted by Crippen LogP contribution is 2.13. The molecular formula is C19H20N2O6. The van der Waals surface area contributed by atoms with Crippen LogP contribution in [0.1, 0.15) is 18.2 Å². The number of amides is 3. The van der Waals surface area contributed by atoms with Gasteiger partial charge in [-0.05, 0) is 42.8 Å². The molecule has 8 heteroatoms. The number of hydrogen-bond acceptors (Lipinski definition) is 6. The van der Waals surface area contributed by atoms with Gasteiger partial charge in [0.05, 0.1) is 19.4 Å². The summed E-state index contributed by atoms with van der Waals surface area (Å²) < 4.78 is 15.1. The van der Waals surface area contributed by atoms with Gasteiger partial charge in [-0.15, -0.1) is 0 Å². The number of carbonyl (C=O) groups excluding carboxylic acids is 3. The number of ether oxygens (including phenoxy) is 2. The summed E-state index contributed by atoms with van der Waals surface area (Å²) >= 11 is 0. The van der Waals surface area contributed by atoms with E-state index in [2.05, 4.69) is 5.32 Å². The molecule has 142 valence electrons. The van der Waals surface area contributed by atoms with Gasteiger partial charge in [0.15, 0.2) is 6.61 Å². The minimum absolute atomic E-state index is 0.136. The predicted octanol–water partition coefficient (Wildman–Crippen LogP) is 2.26. The lowest BCUT2D eigenvalue weighted by atomic mass is 10.2. The lowest BCUT2D eigenvalue weighted by Gasteiger charge is -2.05. The van der Waals surface area contributed by atoms with Crippen molar-refractivity contribution in [3.63, 3.8) is 0 Å². The number of nitrogens with one attached hydrogen (secondary N) is 2. The van der Waals surface area contributed by atoms with Gasteiger partial charge in [0, 0.05) is 6.08 Å². The van der Waals surface area contributed by atoms with E-state index in [9.17, 15) is 14.4 Å². The molecule has 0 aliphatic carbocycles. The number of esters is 1. The topological polar surface area (TPSA) is 107 Å². The molecule has 1 aromatic heterocycles. The molecule has 0 spiro atoms. The lowest BCUT2D eigenvalue weighted by Crippen LogP contribution is -2.41. The summed E-state index contributed by atoms with van der Waals surface area (Å²) in [4.78, 5) is 34.7. The Morgan fingerprint density at radius 1 is 1.15 bits per heavy atom. The Balaban J connectivity index is 1.67. The van der Waals surface area contributed by atoms with Gasteiger partial charge in [-0.3, -0.25) is 10.1 Å². The molecule has 0 bridgehead atoms. The molecule has 8 nitrogen and oxygen atoms in total. The summed E-state index contributed by atoms with van der Waals surface area (Å²) in [6.45, 7) is 2.03. The SMILES string of the molecule is CCOc1ccc(/C=C/C(=O)OCC(=O)NC(=O)NCc2ccco2)cc1. The van der Waals surface area contributed by atoms with E-state index in [1.165, 1.54) is 12.3 Å². The molecule has 0 radical (unpaired) electrons. The number of rotatable bonds is 8. The molecule has 0 aliphatic heterocycles. The Hall–Kier alpha value is -3.55. The van der Waals surface area contributed by atoms with Crippen LogP contribution in [0.15, 0.2) is 53.2 Å². The second kappa shape index (κ2) is 10.4. The second-order valence-corrected chi connectivity index (χ2v) is 5.25. The van der Waals surface area contributed by atoms with Crippen molar-refractivity contribution < 1.29 is 28.3 Å². The van der Waals surface area contributed by atoms with E-state index in [1.54, 1.807) is 42.5 Å². The zero-order valence-corrected chi connectivity index (χ0v) is 14.8. The molecule has 0 fully saturated rings. The van der Waals surface area contributed by atoms with E-state index in [4.69, 9.17) is 13.9 Å². The van der Waals surface area contributed by atoms with E-state index < -0.39 is 24.5 Å². The Morgan fingerprint density at radius 2 is 1.93 bits per heavy atom. The second-order valence-electron chi connectivity index (χ2n) is 5.25. The molecule has 27 heavy (non-hydrogen) atoms. The number of carbonyl (C=O) groups is 3. The predicted molar refractivity (Wildman–Crippen MR) is 96.7 cm³/mol. The molecule has 3 amide bonds.